The van der Waals surface area contributed by atoms with E-state index >= 15 is 0 Å². The Morgan fingerprint density at radius 1 is 1.08 bits per heavy atom. The Morgan fingerprint density at radius 2 is 1.71 bits per heavy atom. The van der Waals surface area contributed by atoms with Gasteiger partial charge in [0.05, 0.1) is 15.7 Å². The summed E-state index contributed by atoms with van der Waals surface area (Å²) in [6.45, 7) is 3.87. The molecule has 0 aliphatic carbocycles. The Bertz CT molecular complexity index is 765. The van der Waals surface area contributed by atoms with Crippen molar-refractivity contribution in [2.45, 2.75) is 26.3 Å². The van der Waals surface area contributed by atoms with Crippen molar-refractivity contribution in [1.82, 2.24) is 10.3 Å². The highest BCUT2D eigenvalue weighted by Crippen LogP contribution is 2.29. The first-order chi connectivity index (χ1) is 11.4. The van der Waals surface area contributed by atoms with Crippen molar-refractivity contribution in [3.05, 3.63) is 57.8 Å². The van der Waals surface area contributed by atoms with E-state index in [0.717, 1.165) is 6.42 Å². The lowest BCUT2D eigenvalue weighted by Gasteiger charge is -2.11. The maximum absolute atomic E-state index is 12.3. The van der Waals surface area contributed by atoms with Crippen molar-refractivity contribution in [3.63, 3.8) is 0 Å². The Labute approximate surface area is 150 Å². The second-order valence-corrected chi connectivity index (χ2v) is 6.03. The minimum atomic E-state index is -0.475. The van der Waals surface area contributed by atoms with Crippen LogP contribution in [0.25, 0.3) is 0 Å². The Kier molecular flexibility index (Phi) is 6.17. The number of amides is 2. The zero-order valence-electron chi connectivity index (χ0n) is 13.3. The second-order valence-electron chi connectivity index (χ2n) is 5.25. The van der Waals surface area contributed by atoms with Crippen LogP contribution in [0.15, 0.2) is 36.4 Å². The van der Waals surface area contributed by atoms with Crippen molar-refractivity contribution in [2.75, 3.05) is 5.32 Å². The lowest BCUT2D eigenvalue weighted by Crippen LogP contribution is -2.32. The van der Waals surface area contributed by atoms with Crippen LogP contribution in [0.2, 0.25) is 10.0 Å². The van der Waals surface area contributed by atoms with Crippen LogP contribution in [0.4, 0.5) is 5.69 Å². The molecule has 7 heteroatoms. The molecule has 2 rings (SSSR count). The molecular formula is C17H17Cl2N3O2. The van der Waals surface area contributed by atoms with Crippen LogP contribution >= 0.6 is 23.2 Å². The van der Waals surface area contributed by atoms with Crippen molar-refractivity contribution in [1.29, 1.82) is 0 Å². The SMILES string of the molecule is CCC(C)NC(=O)c1cccc(C(=O)Nc2cccc(Cl)c2Cl)n1. The molecule has 0 saturated heterocycles. The molecule has 1 aromatic heterocycles. The molecule has 0 saturated carbocycles. The van der Waals surface area contributed by atoms with Crippen molar-refractivity contribution in [2.24, 2.45) is 0 Å². The first-order valence-electron chi connectivity index (χ1n) is 7.45. The summed E-state index contributed by atoms with van der Waals surface area (Å²) >= 11 is 12.0. The van der Waals surface area contributed by atoms with Crippen LogP contribution in [0.5, 0.6) is 0 Å². The van der Waals surface area contributed by atoms with E-state index in [1.54, 1.807) is 30.3 Å². The number of pyridine rings is 1. The highest BCUT2D eigenvalue weighted by Gasteiger charge is 2.15. The first kappa shape index (κ1) is 18.2. The third kappa shape index (κ3) is 4.46. The predicted octanol–water partition coefficient (Wildman–Crippen LogP) is 4.17. The molecule has 24 heavy (non-hydrogen) atoms. The highest BCUT2D eigenvalue weighted by atomic mass is 35.5. The molecule has 0 fully saturated rings. The van der Waals surface area contributed by atoms with Gasteiger partial charge in [-0.3, -0.25) is 9.59 Å². The molecular weight excluding hydrogens is 349 g/mol. The maximum Gasteiger partial charge on any atom is 0.274 e. The van der Waals surface area contributed by atoms with Crippen molar-refractivity contribution < 1.29 is 9.59 Å². The number of hydrogen-bond acceptors (Lipinski definition) is 3. The van der Waals surface area contributed by atoms with E-state index in [4.69, 9.17) is 23.2 Å². The second kappa shape index (κ2) is 8.13. The van der Waals surface area contributed by atoms with Gasteiger partial charge in [-0.25, -0.2) is 4.98 Å². The third-order valence-corrected chi connectivity index (χ3v) is 4.22. The van der Waals surface area contributed by atoms with Crippen LogP contribution < -0.4 is 10.6 Å². The van der Waals surface area contributed by atoms with Gasteiger partial charge in [0.2, 0.25) is 0 Å². The number of halogens is 2. The Morgan fingerprint density at radius 3 is 2.38 bits per heavy atom. The van der Waals surface area contributed by atoms with E-state index in [2.05, 4.69) is 15.6 Å². The van der Waals surface area contributed by atoms with Crippen LogP contribution in [0.1, 0.15) is 41.2 Å². The highest BCUT2D eigenvalue weighted by molar-refractivity contribution is 6.44. The number of hydrogen-bond donors (Lipinski definition) is 2. The van der Waals surface area contributed by atoms with Crippen molar-refractivity contribution in [3.8, 4) is 0 Å². The molecule has 126 valence electrons. The maximum atomic E-state index is 12.3. The van der Waals surface area contributed by atoms with E-state index < -0.39 is 5.91 Å². The van der Waals surface area contributed by atoms with Gasteiger partial charge >= 0.3 is 0 Å². The number of nitrogens with one attached hydrogen (secondary N) is 2. The molecule has 0 aliphatic heterocycles. The molecule has 2 amide bonds. The van der Waals surface area contributed by atoms with Crippen LogP contribution in [-0.2, 0) is 0 Å². The summed E-state index contributed by atoms with van der Waals surface area (Å²) < 4.78 is 0. The summed E-state index contributed by atoms with van der Waals surface area (Å²) in [5.74, 6) is -0.794. The van der Waals surface area contributed by atoms with Gasteiger partial charge in [-0.2, -0.15) is 0 Å². The number of rotatable bonds is 5. The summed E-state index contributed by atoms with van der Waals surface area (Å²) in [7, 11) is 0. The summed E-state index contributed by atoms with van der Waals surface area (Å²) in [4.78, 5) is 28.5. The van der Waals surface area contributed by atoms with E-state index in [0.29, 0.717) is 10.7 Å². The monoisotopic (exact) mass is 365 g/mol. The fourth-order valence-electron chi connectivity index (χ4n) is 1.87. The standard InChI is InChI=1S/C17H17Cl2N3O2/c1-3-10(2)20-16(23)13-8-5-9-14(21-13)17(24)22-12-7-4-6-11(18)15(12)19/h4-10H,3H2,1-2H3,(H,20,23)(H,22,24). The topological polar surface area (TPSA) is 71.1 Å². The van der Waals surface area contributed by atoms with E-state index in [-0.39, 0.29) is 28.4 Å². The minimum absolute atomic E-state index is 0.0297. The van der Waals surface area contributed by atoms with Crippen molar-refractivity contribution >= 4 is 40.7 Å². The first-order valence-corrected chi connectivity index (χ1v) is 8.21. The quantitative estimate of drug-likeness (QED) is 0.834. The summed E-state index contributed by atoms with van der Waals surface area (Å²) in [5, 5.41) is 6.03. The van der Waals surface area contributed by atoms with Gasteiger partial charge in [0.25, 0.3) is 11.8 Å². The number of nitrogens with zero attached hydrogens (tertiary/aromatic N) is 1. The lowest BCUT2D eigenvalue weighted by molar-refractivity contribution is 0.0934. The molecule has 2 aromatic rings. The van der Waals surface area contributed by atoms with Gasteiger partial charge in [-0.1, -0.05) is 42.3 Å². The fraction of sp³-hybridized carbons (Fsp3) is 0.235. The van der Waals surface area contributed by atoms with Crippen LogP contribution in [-0.4, -0.2) is 22.8 Å². The van der Waals surface area contributed by atoms with Crippen LogP contribution in [0.3, 0.4) is 0 Å². The molecule has 0 radical (unpaired) electrons. The van der Waals surface area contributed by atoms with Crippen LogP contribution in [0, 0.1) is 0 Å². The van der Waals surface area contributed by atoms with Gasteiger partial charge in [0, 0.05) is 6.04 Å². The van der Waals surface area contributed by atoms with E-state index in [1.807, 2.05) is 13.8 Å². The largest absolute Gasteiger partial charge is 0.348 e. The summed E-state index contributed by atoms with van der Waals surface area (Å²) in [6.07, 6.45) is 0.805. The minimum Gasteiger partial charge on any atom is -0.348 e. The smallest absolute Gasteiger partial charge is 0.274 e. The number of benzene rings is 1. The van der Waals surface area contributed by atoms with Gasteiger partial charge < -0.3 is 10.6 Å². The third-order valence-electron chi connectivity index (χ3n) is 3.40. The van der Waals surface area contributed by atoms with Gasteiger partial charge in [0.15, 0.2) is 0 Å². The molecule has 1 atom stereocenters. The molecule has 1 aromatic carbocycles. The molecule has 1 heterocycles. The summed E-state index contributed by atoms with van der Waals surface area (Å²) in [6, 6.07) is 9.64. The van der Waals surface area contributed by atoms with E-state index in [1.165, 1.54) is 6.07 Å². The Balaban J connectivity index is 2.17. The fourth-order valence-corrected chi connectivity index (χ4v) is 2.22. The average molecular weight is 366 g/mol. The number of carbonyl (C=O) groups excluding carboxylic acids is 2. The molecule has 0 bridgehead atoms. The Hall–Kier alpha value is -2.11. The zero-order chi connectivity index (χ0) is 17.7. The number of aromatic nitrogens is 1. The zero-order valence-corrected chi connectivity index (χ0v) is 14.8. The molecule has 0 spiro atoms. The van der Waals surface area contributed by atoms with E-state index in [9.17, 15) is 9.59 Å². The van der Waals surface area contributed by atoms with Gasteiger partial charge in [-0.05, 0) is 37.6 Å². The lowest BCUT2D eigenvalue weighted by atomic mass is 10.2. The average Bonchev–Trinajstić information content (AvgIpc) is 2.58. The molecule has 1 unspecified atom stereocenters. The van der Waals surface area contributed by atoms with Gasteiger partial charge in [-0.15, -0.1) is 0 Å². The summed E-state index contributed by atoms with van der Waals surface area (Å²) in [5.41, 5.74) is 0.674. The molecule has 5 nitrogen and oxygen atoms in total. The number of anilines is 1. The number of carbonyl (C=O) groups is 2. The molecule has 0 aliphatic rings. The predicted molar refractivity (Wildman–Crippen MR) is 95.9 cm³/mol. The normalized spacial score (nSPS) is 11.7. The van der Waals surface area contributed by atoms with Gasteiger partial charge in [0.1, 0.15) is 11.4 Å². The molecule has 2 N–H and O–H groups in total.